The number of nitrogens with zero attached hydrogens (tertiary/aromatic N) is 1. The second-order valence-corrected chi connectivity index (χ2v) is 3.55. The van der Waals surface area contributed by atoms with E-state index in [-0.39, 0.29) is 11.9 Å². The fourth-order valence-corrected chi connectivity index (χ4v) is 1.26. The second kappa shape index (κ2) is 5.38. The second-order valence-electron chi connectivity index (χ2n) is 3.14. The number of hydrogen-bond acceptors (Lipinski definition) is 2. The lowest BCUT2D eigenvalue weighted by atomic mass is 10.2. The number of rotatable bonds is 3. The van der Waals surface area contributed by atoms with Crippen LogP contribution in [0.15, 0.2) is 18.5 Å². The van der Waals surface area contributed by atoms with E-state index in [1.54, 1.807) is 6.07 Å². The molecule has 1 rings (SSSR count). The van der Waals surface area contributed by atoms with Crippen LogP contribution in [0.2, 0.25) is 5.02 Å². The van der Waals surface area contributed by atoms with Gasteiger partial charge in [0.15, 0.2) is 0 Å². The quantitative estimate of drug-likeness (QED) is 0.794. The van der Waals surface area contributed by atoms with Crippen LogP contribution < -0.4 is 5.32 Å². The Morgan fingerprint density at radius 2 is 2.53 bits per heavy atom. The van der Waals surface area contributed by atoms with Gasteiger partial charge in [0.1, 0.15) is 0 Å². The van der Waals surface area contributed by atoms with Crippen LogP contribution in [0.3, 0.4) is 0 Å². The summed E-state index contributed by atoms with van der Waals surface area (Å²) in [5.74, 6) is 2.22. The Kier molecular flexibility index (Phi) is 4.14. The molecule has 0 aliphatic heterocycles. The zero-order valence-corrected chi connectivity index (χ0v) is 9.08. The maximum absolute atomic E-state index is 11.6. The molecule has 3 nitrogen and oxygen atoms in total. The van der Waals surface area contributed by atoms with E-state index in [1.165, 1.54) is 12.4 Å². The van der Waals surface area contributed by atoms with Crippen LogP contribution in [-0.2, 0) is 0 Å². The van der Waals surface area contributed by atoms with E-state index in [4.69, 9.17) is 18.0 Å². The van der Waals surface area contributed by atoms with Gasteiger partial charge in [-0.2, -0.15) is 0 Å². The highest BCUT2D eigenvalue weighted by molar-refractivity contribution is 6.33. The minimum absolute atomic E-state index is 0.0706. The number of aromatic nitrogens is 1. The lowest BCUT2D eigenvalue weighted by Gasteiger charge is -2.11. The van der Waals surface area contributed by atoms with E-state index in [1.807, 2.05) is 6.92 Å². The third-order valence-electron chi connectivity index (χ3n) is 1.81. The van der Waals surface area contributed by atoms with Crippen LogP contribution in [0, 0.1) is 12.3 Å². The van der Waals surface area contributed by atoms with Crippen LogP contribution in [0.25, 0.3) is 0 Å². The van der Waals surface area contributed by atoms with Crippen molar-refractivity contribution in [2.75, 3.05) is 0 Å². The molecule has 1 amide bonds. The smallest absolute Gasteiger partial charge is 0.254 e. The Balaban J connectivity index is 2.70. The highest BCUT2D eigenvalue weighted by Gasteiger charge is 2.12. The van der Waals surface area contributed by atoms with Gasteiger partial charge in [0.2, 0.25) is 0 Å². The van der Waals surface area contributed by atoms with E-state index < -0.39 is 0 Å². The minimum Gasteiger partial charge on any atom is -0.349 e. The molecule has 0 spiro atoms. The maximum atomic E-state index is 11.6. The van der Waals surface area contributed by atoms with Crippen molar-refractivity contribution in [3.05, 3.63) is 29.0 Å². The van der Waals surface area contributed by atoms with Crippen molar-refractivity contribution in [2.45, 2.75) is 19.4 Å². The van der Waals surface area contributed by atoms with Crippen molar-refractivity contribution < 1.29 is 4.79 Å². The number of pyridine rings is 1. The van der Waals surface area contributed by atoms with Crippen molar-refractivity contribution in [3.8, 4) is 12.3 Å². The SMILES string of the molecule is C#CCC(C)NC(=O)c1cnccc1Cl. The molecule has 78 valence electrons. The predicted octanol–water partition coefficient (Wildman–Crippen LogP) is 1.88. The minimum atomic E-state index is -0.254. The number of hydrogen-bond donors (Lipinski definition) is 1. The summed E-state index contributed by atoms with van der Waals surface area (Å²) in [4.78, 5) is 15.5. The van der Waals surface area contributed by atoms with Crippen LogP contribution >= 0.6 is 11.6 Å². The van der Waals surface area contributed by atoms with Gasteiger partial charge in [0.25, 0.3) is 5.91 Å². The molecule has 1 aromatic heterocycles. The Morgan fingerprint density at radius 3 is 3.13 bits per heavy atom. The van der Waals surface area contributed by atoms with E-state index in [0.717, 1.165) is 0 Å². The summed E-state index contributed by atoms with van der Waals surface area (Å²) in [6, 6.07) is 1.50. The molecule has 0 bridgehead atoms. The molecule has 0 fully saturated rings. The molecule has 0 aromatic carbocycles. The van der Waals surface area contributed by atoms with Crippen molar-refractivity contribution in [1.29, 1.82) is 0 Å². The Hall–Kier alpha value is -1.53. The highest BCUT2D eigenvalue weighted by atomic mass is 35.5. The molecular weight excluding hydrogens is 212 g/mol. The molecule has 0 saturated carbocycles. The van der Waals surface area contributed by atoms with Crippen LogP contribution in [0.1, 0.15) is 23.7 Å². The summed E-state index contributed by atoms with van der Waals surface area (Å²) < 4.78 is 0. The average molecular weight is 223 g/mol. The normalized spacial score (nSPS) is 11.5. The fourth-order valence-electron chi connectivity index (χ4n) is 1.07. The zero-order valence-electron chi connectivity index (χ0n) is 8.33. The fraction of sp³-hybridized carbons (Fsp3) is 0.273. The first kappa shape index (κ1) is 11.5. The highest BCUT2D eigenvalue weighted by Crippen LogP contribution is 2.13. The van der Waals surface area contributed by atoms with E-state index in [2.05, 4.69) is 16.2 Å². The topological polar surface area (TPSA) is 42.0 Å². The van der Waals surface area contributed by atoms with Gasteiger partial charge in [-0.05, 0) is 13.0 Å². The summed E-state index contributed by atoms with van der Waals surface area (Å²) in [7, 11) is 0. The van der Waals surface area contributed by atoms with Gasteiger partial charge in [0.05, 0.1) is 10.6 Å². The van der Waals surface area contributed by atoms with E-state index in [9.17, 15) is 4.79 Å². The van der Waals surface area contributed by atoms with Crippen LogP contribution in [-0.4, -0.2) is 16.9 Å². The molecule has 0 aliphatic rings. The Bertz CT molecular complexity index is 398. The molecule has 0 aliphatic carbocycles. The summed E-state index contributed by atoms with van der Waals surface area (Å²) in [6.07, 6.45) is 8.59. The first-order chi connectivity index (χ1) is 7.15. The molecule has 1 heterocycles. The number of carbonyl (C=O) groups is 1. The molecule has 1 atom stereocenters. The average Bonchev–Trinajstić information content (AvgIpc) is 2.18. The standard InChI is InChI=1S/C11H11ClN2O/c1-3-4-8(2)14-11(15)9-7-13-6-5-10(9)12/h1,5-8H,4H2,2H3,(H,14,15). The number of nitrogens with one attached hydrogen (secondary N) is 1. The molecule has 0 saturated heterocycles. The van der Waals surface area contributed by atoms with Crippen LogP contribution in [0.4, 0.5) is 0 Å². The van der Waals surface area contributed by atoms with Gasteiger partial charge in [-0.3, -0.25) is 9.78 Å². The van der Waals surface area contributed by atoms with Gasteiger partial charge in [-0.15, -0.1) is 12.3 Å². The number of terminal acetylenes is 1. The summed E-state index contributed by atoms with van der Waals surface area (Å²) >= 11 is 5.84. The number of amides is 1. The monoisotopic (exact) mass is 222 g/mol. The third-order valence-corrected chi connectivity index (χ3v) is 2.14. The molecule has 1 aromatic rings. The first-order valence-electron chi connectivity index (χ1n) is 4.49. The van der Waals surface area contributed by atoms with Crippen molar-refractivity contribution >= 4 is 17.5 Å². The molecule has 1 unspecified atom stereocenters. The molecular formula is C11H11ClN2O. The largest absolute Gasteiger partial charge is 0.349 e. The number of carbonyl (C=O) groups excluding carboxylic acids is 1. The third kappa shape index (κ3) is 3.26. The number of halogens is 1. The van der Waals surface area contributed by atoms with Crippen molar-refractivity contribution in [1.82, 2.24) is 10.3 Å². The molecule has 4 heteroatoms. The van der Waals surface area contributed by atoms with Gasteiger partial charge in [0, 0.05) is 24.9 Å². The zero-order chi connectivity index (χ0) is 11.3. The molecule has 1 N–H and O–H groups in total. The van der Waals surface area contributed by atoms with Gasteiger partial charge in [-0.1, -0.05) is 11.6 Å². The van der Waals surface area contributed by atoms with Gasteiger partial charge < -0.3 is 5.32 Å². The molecule has 15 heavy (non-hydrogen) atoms. The van der Waals surface area contributed by atoms with Crippen molar-refractivity contribution in [2.24, 2.45) is 0 Å². The molecule has 0 radical (unpaired) electrons. The first-order valence-corrected chi connectivity index (χ1v) is 4.86. The van der Waals surface area contributed by atoms with E-state index >= 15 is 0 Å². The van der Waals surface area contributed by atoms with Crippen molar-refractivity contribution in [3.63, 3.8) is 0 Å². The lowest BCUT2D eigenvalue weighted by Crippen LogP contribution is -2.32. The summed E-state index contributed by atoms with van der Waals surface area (Å²) in [6.45, 7) is 1.84. The Morgan fingerprint density at radius 1 is 1.80 bits per heavy atom. The van der Waals surface area contributed by atoms with Gasteiger partial charge >= 0.3 is 0 Å². The maximum Gasteiger partial charge on any atom is 0.254 e. The summed E-state index contributed by atoms with van der Waals surface area (Å²) in [5.41, 5.74) is 0.364. The Labute approximate surface area is 93.9 Å². The lowest BCUT2D eigenvalue weighted by molar-refractivity contribution is 0.0940. The van der Waals surface area contributed by atoms with Gasteiger partial charge in [-0.25, -0.2) is 0 Å². The van der Waals surface area contributed by atoms with Crippen LogP contribution in [0.5, 0.6) is 0 Å². The van der Waals surface area contributed by atoms with E-state index in [0.29, 0.717) is 17.0 Å². The predicted molar refractivity (Wildman–Crippen MR) is 59.6 cm³/mol. The summed E-state index contributed by atoms with van der Waals surface area (Å²) in [5, 5.41) is 3.12.